The van der Waals surface area contributed by atoms with Crippen LogP contribution in [-0.2, 0) is 6.42 Å². The van der Waals surface area contributed by atoms with Gasteiger partial charge < -0.3 is 15.5 Å². The lowest BCUT2D eigenvalue weighted by Gasteiger charge is -2.04. The monoisotopic (exact) mass is 203 g/mol. The summed E-state index contributed by atoms with van der Waals surface area (Å²) in [6.45, 7) is 0.789. The van der Waals surface area contributed by atoms with Gasteiger partial charge in [-0.05, 0) is 31.6 Å². The van der Waals surface area contributed by atoms with Crippen LogP contribution in [0.25, 0.3) is 0 Å². The van der Waals surface area contributed by atoms with Crippen molar-refractivity contribution in [2.24, 2.45) is 0 Å². The summed E-state index contributed by atoms with van der Waals surface area (Å²) in [6.07, 6.45) is 0.719. The van der Waals surface area contributed by atoms with Gasteiger partial charge in [0.1, 0.15) is 0 Å². The van der Waals surface area contributed by atoms with Gasteiger partial charge in [-0.15, -0.1) is 12.4 Å². The quantitative estimate of drug-likeness (QED) is 0.649. The molecule has 0 saturated heterocycles. The molecule has 3 N–H and O–H groups in total. The number of aromatic hydroxyl groups is 2. The van der Waals surface area contributed by atoms with E-state index in [9.17, 15) is 5.11 Å². The number of hydrogen-bond donors (Lipinski definition) is 3. The van der Waals surface area contributed by atoms with E-state index in [1.54, 1.807) is 12.1 Å². The molecule has 0 fully saturated rings. The molecule has 0 aromatic heterocycles. The van der Waals surface area contributed by atoms with Crippen molar-refractivity contribution in [2.45, 2.75) is 6.42 Å². The fourth-order valence-corrected chi connectivity index (χ4v) is 1.04. The summed E-state index contributed by atoms with van der Waals surface area (Å²) in [5, 5.41) is 21.4. The predicted molar refractivity (Wildman–Crippen MR) is 54.7 cm³/mol. The van der Waals surface area contributed by atoms with Gasteiger partial charge in [-0.25, -0.2) is 0 Å². The number of phenolic OH excluding ortho intramolecular Hbond substituents is 2. The Kier molecular flexibility index (Phi) is 5.26. The van der Waals surface area contributed by atoms with Gasteiger partial charge in [-0.1, -0.05) is 12.1 Å². The van der Waals surface area contributed by atoms with Crippen LogP contribution in [0.2, 0.25) is 0 Å². The molecule has 0 aliphatic heterocycles. The Morgan fingerprint density at radius 2 is 2.00 bits per heavy atom. The molecule has 4 heteroatoms. The SMILES string of the molecule is CNCCc1cccc(O)c1O.Cl. The summed E-state index contributed by atoms with van der Waals surface area (Å²) in [6, 6.07) is 4.99. The summed E-state index contributed by atoms with van der Waals surface area (Å²) in [4.78, 5) is 0. The third-order valence-corrected chi connectivity index (χ3v) is 1.74. The summed E-state index contributed by atoms with van der Waals surface area (Å²) >= 11 is 0. The van der Waals surface area contributed by atoms with Crippen LogP contribution in [0, 0.1) is 0 Å². The molecule has 0 radical (unpaired) electrons. The molecule has 1 aromatic carbocycles. The molecule has 0 aliphatic carbocycles. The first-order valence-corrected chi connectivity index (χ1v) is 3.90. The summed E-state index contributed by atoms with van der Waals surface area (Å²) in [5.74, 6) is -0.0589. The van der Waals surface area contributed by atoms with Crippen LogP contribution in [0.15, 0.2) is 18.2 Å². The number of rotatable bonds is 3. The molecular weight excluding hydrogens is 190 g/mol. The van der Waals surface area contributed by atoms with Gasteiger partial charge in [0.15, 0.2) is 11.5 Å². The zero-order chi connectivity index (χ0) is 8.97. The van der Waals surface area contributed by atoms with Crippen molar-refractivity contribution in [1.82, 2.24) is 5.32 Å². The molecule has 1 rings (SSSR count). The van der Waals surface area contributed by atoms with Crippen molar-refractivity contribution < 1.29 is 10.2 Å². The molecule has 3 nitrogen and oxygen atoms in total. The van der Waals surface area contributed by atoms with Crippen LogP contribution in [0.4, 0.5) is 0 Å². The van der Waals surface area contributed by atoms with E-state index in [2.05, 4.69) is 5.32 Å². The van der Waals surface area contributed by atoms with E-state index in [-0.39, 0.29) is 23.9 Å². The van der Waals surface area contributed by atoms with Crippen LogP contribution in [0.5, 0.6) is 11.5 Å². The molecule has 13 heavy (non-hydrogen) atoms. The smallest absolute Gasteiger partial charge is 0.160 e. The lowest BCUT2D eigenvalue weighted by Crippen LogP contribution is -2.10. The molecule has 0 amide bonds. The Bertz CT molecular complexity index is 266. The van der Waals surface area contributed by atoms with Crippen molar-refractivity contribution in [3.63, 3.8) is 0 Å². The molecule has 0 heterocycles. The number of para-hydroxylation sites is 1. The highest BCUT2D eigenvalue weighted by atomic mass is 35.5. The fourth-order valence-electron chi connectivity index (χ4n) is 1.04. The Balaban J connectivity index is 0.00000144. The average Bonchev–Trinajstić information content (AvgIpc) is 2.08. The maximum Gasteiger partial charge on any atom is 0.160 e. The number of hydrogen-bond acceptors (Lipinski definition) is 3. The highest BCUT2D eigenvalue weighted by Crippen LogP contribution is 2.27. The van der Waals surface area contributed by atoms with Gasteiger partial charge in [0.05, 0.1) is 0 Å². The number of likely N-dealkylation sites (N-methyl/N-ethyl adjacent to an activating group) is 1. The van der Waals surface area contributed by atoms with E-state index >= 15 is 0 Å². The lowest BCUT2D eigenvalue weighted by molar-refractivity contribution is 0.399. The van der Waals surface area contributed by atoms with Gasteiger partial charge in [-0.2, -0.15) is 0 Å². The second-order valence-corrected chi connectivity index (χ2v) is 2.64. The Labute approximate surface area is 83.8 Å². The molecule has 0 bridgehead atoms. The van der Waals surface area contributed by atoms with Crippen LogP contribution >= 0.6 is 12.4 Å². The molecule has 1 aromatic rings. The largest absolute Gasteiger partial charge is 0.504 e. The van der Waals surface area contributed by atoms with Crippen molar-refractivity contribution >= 4 is 12.4 Å². The van der Waals surface area contributed by atoms with Crippen molar-refractivity contribution in [1.29, 1.82) is 0 Å². The molecule has 0 aliphatic rings. The second kappa shape index (κ2) is 5.67. The Hall–Kier alpha value is -0.930. The maximum atomic E-state index is 9.35. The normalized spacial score (nSPS) is 9.31. The maximum absolute atomic E-state index is 9.35. The van der Waals surface area contributed by atoms with E-state index in [4.69, 9.17) is 5.11 Å². The first kappa shape index (κ1) is 12.1. The molecule has 0 saturated carbocycles. The molecular formula is C9H14ClNO2. The topological polar surface area (TPSA) is 52.5 Å². The fraction of sp³-hybridized carbons (Fsp3) is 0.333. The number of nitrogens with one attached hydrogen (secondary N) is 1. The second-order valence-electron chi connectivity index (χ2n) is 2.64. The number of halogens is 1. The Morgan fingerprint density at radius 1 is 1.31 bits per heavy atom. The Morgan fingerprint density at radius 3 is 2.62 bits per heavy atom. The molecule has 0 unspecified atom stereocenters. The van der Waals surface area contributed by atoms with Crippen molar-refractivity contribution in [3.05, 3.63) is 23.8 Å². The van der Waals surface area contributed by atoms with Gasteiger partial charge in [0.2, 0.25) is 0 Å². The van der Waals surface area contributed by atoms with Crippen molar-refractivity contribution in [2.75, 3.05) is 13.6 Å². The first-order chi connectivity index (χ1) is 5.75. The van der Waals surface area contributed by atoms with Crippen LogP contribution in [0.3, 0.4) is 0 Å². The highest BCUT2D eigenvalue weighted by Gasteiger charge is 2.03. The highest BCUT2D eigenvalue weighted by molar-refractivity contribution is 5.85. The minimum atomic E-state index is -0.0522. The minimum absolute atomic E-state index is 0. The van der Waals surface area contributed by atoms with Gasteiger partial charge >= 0.3 is 0 Å². The lowest BCUT2D eigenvalue weighted by atomic mass is 10.1. The van der Waals surface area contributed by atoms with Crippen LogP contribution < -0.4 is 5.32 Å². The van der Waals surface area contributed by atoms with Gasteiger partial charge in [0.25, 0.3) is 0 Å². The van der Waals surface area contributed by atoms with E-state index in [1.165, 1.54) is 6.07 Å². The van der Waals surface area contributed by atoms with E-state index in [0.717, 1.165) is 18.5 Å². The summed E-state index contributed by atoms with van der Waals surface area (Å²) in [5.41, 5.74) is 0.768. The zero-order valence-corrected chi connectivity index (χ0v) is 8.27. The molecule has 0 spiro atoms. The minimum Gasteiger partial charge on any atom is -0.504 e. The van der Waals surface area contributed by atoms with E-state index in [1.807, 2.05) is 7.05 Å². The van der Waals surface area contributed by atoms with Gasteiger partial charge in [0, 0.05) is 0 Å². The van der Waals surface area contributed by atoms with Gasteiger partial charge in [-0.3, -0.25) is 0 Å². The van der Waals surface area contributed by atoms with Crippen LogP contribution in [-0.4, -0.2) is 23.8 Å². The molecule has 0 atom stereocenters. The number of phenols is 2. The summed E-state index contributed by atoms with van der Waals surface area (Å²) < 4.78 is 0. The number of benzene rings is 1. The first-order valence-electron chi connectivity index (χ1n) is 3.90. The zero-order valence-electron chi connectivity index (χ0n) is 7.45. The van der Waals surface area contributed by atoms with Crippen molar-refractivity contribution in [3.8, 4) is 11.5 Å². The van der Waals surface area contributed by atoms with E-state index in [0.29, 0.717) is 0 Å². The predicted octanol–water partition coefficient (Wildman–Crippen LogP) is 1.28. The third kappa shape index (κ3) is 3.13. The third-order valence-electron chi connectivity index (χ3n) is 1.74. The van der Waals surface area contributed by atoms with E-state index < -0.39 is 0 Å². The standard InChI is InChI=1S/C9H13NO2.ClH/c1-10-6-5-7-3-2-4-8(11)9(7)12;/h2-4,10-12H,5-6H2,1H3;1H. The average molecular weight is 204 g/mol. The molecule has 74 valence electrons. The summed E-state index contributed by atoms with van der Waals surface area (Å²) in [7, 11) is 1.85. The van der Waals surface area contributed by atoms with Crippen LogP contribution in [0.1, 0.15) is 5.56 Å².